The fraction of sp³-hybridized carbons (Fsp3) is 0.192. The van der Waals surface area contributed by atoms with Gasteiger partial charge in [0.1, 0.15) is 0 Å². The second kappa shape index (κ2) is 11.6. The zero-order valence-corrected chi connectivity index (χ0v) is 32.1. The first-order valence-electron chi connectivity index (χ1n) is 19.4. The predicted molar refractivity (Wildman–Crippen MR) is 229 cm³/mol. The van der Waals surface area contributed by atoms with Gasteiger partial charge in [-0.25, -0.2) is 0 Å². The van der Waals surface area contributed by atoms with Crippen LogP contribution in [0.5, 0.6) is 0 Å². The van der Waals surface area contributed by atoms with Crippen molar-refractivity contribution in [1.82, 2.24) is 4.57 Å². The van der Waals surface area contributed by atoms with Gasteiger partial charge in [-0.05, 0) is 105 Å². The molecule has 0 aliphatic heterocycles. The normalized spacial score (nSPS) is 16.0. The summed E-state index contributed by atoms with van der Waals surface area (Å²) in [5.74, 6) is 0. The Morgan fingerprint density at radius 3 is 1.91 bits per heavy atom. The Morgan fingerprint density at radius 2 is 1.07 bits per heavy atom. The fourth-order valence-electron chi connectivity index (χ4n) is 10.3. The summed E-state index contributed by atoms with van der Waals surface area (Å²) in [6.45, 7) is 14.3. The second-order valence-corrected chi connectivity index (χ2v) is 17.3. The fourth-order valence-corrected chi connectivity index (χ4v) is 10.3. The molecule has 264 valence electrons. The Hall–Kier alpha value is -5.86. The molecule has 8 aromatic rings. The van der Waals surface area contributed by atoms with Crippen molar-refractivity contribution in [2.75, 3.05) is 4.90 Å². The topological polar surface area (TPSA) is 8.17 Å². The first-order chi connectivity index (χ1) is 26.0. The molecule has 0 saturated carbocycles. The summed E-state index contributed by atoms with van der Waals surface area (Å²) >= 11 is 0. The van der Waals surface area contributed by atoms with E-state index in [0.29, 0.717) is 0 Å². The van der Waals surface area contributed by atoms with E-state index in [1.807, 2.05) is 0 Å². The van der Waals surface area contributed by atoms with Gasteiger partial charge in [0.25, 0.3) is 0 Å². The molecule has 7 aromatic carbocycles. The minimum absolute atomic E-state index is 0.109. The number of hydrogen-bond donors (Lipinski definition) is 0. The molecular formula is C52H46N2. The molecule has 10 rings (SSSR count). The molecule has 0 N–H and O–H groups in total. The van der Waals surface area contributed by atoms with E-state index < -0.39 is 0 Å². The average molecular weight is 699 g/mol. The SMILES string of the molecule is CC1(C)CC(C)(C)c2cc(-n3c4ccccc4c4ccc(N(c5ccc6c(c5)C(C)(C)c5ccccc5-6)c5ccccc5-c5ccccc5)cc43)ccc21. The molecule has 0 radical (unpaired) electrons. The van der Waals surface area contributed by atoms with Crippen LogP contribution in [0.15, 0.2) is 158 Å². The summed E-state index contributed by atoms with van der Waals surface area (Å²) in [7, 11) is 0. The van der Waals surface area contributed by atoms with Gasteiger partial charge in [0.2, 0.25) is 0 Å². The van der Waals surface area contributed by atoms with Crippen molar-refractivity contribution in [3.05, 3.63) is 180 Å². The zero-order chi connectivity index (χ0) is 37.0. The molecule has 0 bridgehead atoms. The van der Waals surface area contributed by atoms with Crippen LogP contribution in [0.2, 0.25) is 0 Å². The quantitative estimate of drug-likeness (QED) is 0.174. The van der Waals surface area contributed by atoms with Crippen LogP contribution in [0.4, 0.5) is 17.1 Å². The zero-order valence-electron chi connectivity index (χ0n) is 32.1. The maximum Gasteiger partial charge on any atom is 0.0561 e. The molecule has 0 saturated heterocycles. The molecule has 0 fully saturated rings. The van der Waals surface area contributed by atoms with Crippen LogP contribution in [0.25, 0.3) is 49.7 Å². The van der Waals surface area contributed by atoms with Crippen molar-refractivity contribution in [2.24, 2.45) is 0 Å². The van der Waals surface area contributed by atoms with Crippen molar-refractivity contribution < 1.29 is 0 Å². The van der Waals surface area contributed by atoms with E-state index in [2.05, 4.69) is 209 Å². The van der Waals surface area contributed by atoms with Crippen LogP contribution < -0.4 is 4.90 Å². The van der Waals surface area contributed by atoms with Gasteiger partial charge in [-0.3, -0.25) is 0 Å². The van der Waals surface area contributed by atoms with Crippen LogP contribution >= 0.6 is 0 Å². The standard InChI is InChI=1S/C52H46N2/c1-50(2)33-51(3,4)46-31-36(26-29-44(46)50)54-48-23-15-12-20-41(48)42-28-25-37(32-49(42)54)53(47-22-14-11-18-38(47)34-16-8-7-9-17-34)35-24-27-40-39-19-10-13-21-43(39)52(5,6)45(40)30-35/h7-32H,33H2,1-6H3. The summed E-state index contributed by atoms with van der Waals surface area (Å²) in [6.07, 6.45) is 1.15. The lowest BCUT2D eigenvalue weighted by atomic mass is 9.82. The van der Waals surface area contributed by atoms with Crippen LogP contribution in [-0.4, -0.2) is 4.57 Å². The highest BCUT2D eigenvalue weighted by Gasteiger charge is 2.42. The van der Waals surface area contributed by atoms with Crippen molar-refractivity contribution >= 4 is 38.9 Å². The van der Waals surface area contributed by atoms with Gasteiger partial charge < -0.3 is 9.47 Å². The summed E-state index contributed by atoms with van der Waals surface area (Å²) in [6, 6.07) is 58.9. The second-order valence-electron chi connectivity index (χ2n) is 17.3. The Bertz CT molecular complexity index is 2780. The van der Waals surface area contributed by atoms with Gasteiger partial charge in [0.15, 0.2) is 0 Å². The molecule has 54 heavy (non-hydrogen) atoms. The highest BCUT2D eigenvalue weighted by atomic mass is 15.1. The maximum absolute atomic E-state index is 2.50. The van der Waals surface area contributed by atoms with Crippen molar-refractivity contribution in [3.8, 4) is 27.9 Å². The smallest absolute Gasteiger partial charge is 0.0561 e. The van der Waals surface area contributed by atoms with Gasteiger partial charge in [0.05, 0.1) is 16.7 Å². The van der Waals surface area contributed by atoms with Gasteiger partial charge in [-0.15, -0.1) is 0 Å². The van der Waals surface area contributed by atoms with E-state index in [0.717, 1.165) is 23.5 Å². The Morgan fingerprint density at radius 1 is 0.444 bits per heavy atom. The number of nitrogens with zero attached hydrogens (tertiary/aromatic N) is 2. The lowest BCUT2D eigenvalue weighted by molar-refractivity contribution is 0.403. The molecule has 0 amide bonds. The lowest BCUT2D eigenvalue weighted by Gasteiger charge is -2.30. The Kier molecular flexibility index (Phi) is 7.02. The number of fused-ring (bicyclic) bond motifs is 7. The van der Waals surface area contributed by atoms with Crippen LogP contribution in [0, 0.1) is 0 Å². The summed E-state index contributed by atoms with van der Waals surface area (Å²) < 4.78 is 2.50. The summed E-state index contributed by atoms with van der Waals surface area (Å²) in [5.41, 5.74) is 18.0. The number of benzene rings is 7. The maximum atomic E-state index is 2.50. The predicted octanol–water partition coefficient (Wildman–Crippen LogP) is 14.2. The highest BCUT2D eigenvalue weighted by molar-refractivity contribution is 6.10. The first kappa shape index (κ1) is 32.8. The molecule has 2 heteroatoms. The van der Waals surface area contributed by atoms with E-state index >= 15 is 0 Å². The van der Waals surface area contributed by atoms with Gasteiger partial charge >= 0.3 is 0 Å². The minimum atomic E-state index is -0.112. The van der Waals surface area contributed by atoms with E-state index in [9.17, 15) is 0 Å². The number of para-hydroxylation sites is 2. The van der Waals surface area contributed by atoms with Crippen molar-refractivity contribution in [2.45, 2.75) is 64.2 Å². The molecule has 0 unspecified atom stereocenters. The average Bonchev–Trinajstić information content (AvgIpc) is 3.70. The number of hydrogen-bond acceptors (Lipinski definition) is 1. The summed E-state index contributed by atoms with van der Waals surface area (Å²) in [5, 5.41) is 2.53. The van der Waals surface area contributed by atoms with E-state index in [4.69, 9.17) is 0 Å². The molecule has 0 atom stereocenters. The largest absolute Gasteiger partial charge is 0.310 e. The number of rotatable bonds is 5. The van der Waals surface area contributed by atoms with Crippen molar-refractivity contribution in [3.63, 3.8) is 0 Å². The third kappa shape index (κ3) is 4.79. The lowest BCUT2D eigenvalue weighted by Crippen LogP contribution is -2.18. The van der Waals surface area contributed by atoms with E-state index in [1.54, 1.807) is 0 Å². The Balaban J connectivity index is 1.23. The van der Waals surface area contributed by atoms with Crippen molar-refractivity contribution in [1.29, 1.82) is 0 Å². The minimum Gasteiger partial charge on any atom is -0.310 e. The molecule has 2 aliphatic rings. The monoisotopic (exact) mass is 698 g/mol. The molecule has 2 aliphatic carbocycles. The van der Waals surface area contributed by atoms with Crippen LogP contribution in [0.3, 0.4) is 0 Å². The van der Waals surface area contributed by atoms with Gasteiger partial charge in [-0.1, -0.05) is 151 Å². The summed E-state index contributed by atoms with van der Waals surface area (Å²) in [4.78, 5) is 2.48. The molecular weight excluding hydrogens is 653 g/mol. The third-order valence-electron chi connectivity index (χ3n) is 12.6. The number of anilines is 3. The first-order valence-corrected chi connectivity index (χ1v) is 19.4. The van der Waals surface area contributed by atoms with E-state index in [-0.39, 0.29) is 16.2 Å². The van der Waals surface area contributed by atoms with Crippen LogP contribution in [-0.2, 0) is 16.2 Å². The third-order valence-corrected chi connectivity index (χ3v) is 12.6. The molecule has 1 heterocycles. The number of aromatic nitrogens is 1. The van der Waals surface area contributed by atoms with E-state index in [1.165, 1.54) is 72.0 Å². The highest BCUT2D eigenvalue weighted by Crippen LogP contribution is 2.53. The molecule has 1 aromatic heterocycles. The molecule has 0 spiro atoms. The van der Waals surface area contributed by atoms with Gasteiger partial charge in [-0.2, -0.15) is 0 Å². The Labute approximate surface area is 319 Å². The van der Waals surface area contributed by atoms with Gasteiger partial charge in [0, 0.05) is 38.8 Å². The van der Waals surface area contributed by atoms with Crippen LogP contribution in [0.1, 0.15) is 70.2 Å². The molecule has 2 nitrogen and oxygen atoms in total.